The maximum atomic E-state index is 13.9. The molecule has 5 heterocycles. The molecule has 0 bridgehead atoms. The van der Waals surface area contributed by atoms with Gasteiger partial charge in [0.1, 0.15) is 41.7 Å². The molecule has 2 aliphatic rings. The lowest BCUT2D eigenvalue weighted by atomic mass is 10.0. The lowest BCUT2D eigenvalue weighted by Gasteiger charge is -2.49. The second-order valence-corrected chi connectivity index (χ2v) is 16.0. The first-order valence-corrected chi connectivity index (χ1v) is 20.2. The third-order valence-electron chi connectivity index (χ3n) is 8.66. The Labute approximate surface area is 351 Å². The maximum Gasteiger partial charge on any atom is 0.414 e. The molecule has 3 N–H and O–H groups in total. The molecule has 2 aliphatic heterocycles. The molecule has 4 amide bonds. The first kappa shape index (κ1) is 42.9. The fraction of sp³-hybridized carbons (Fsp3) is 0.333. The fourth-order valence-corrected chi connectivity index (χ4v) is 7.85. The molecule has 2 unspecified atom stereocenters. The molecule has 3 aromatic heterocycles. The number of esters is 1. The number of carbonyl (C=O) groups excluding carboxylic acids is 5. The van der Waals surface area contributed by atoms with E-state index < -0.39 is 46.8 Å². The van der Waals surface area contributed by atoms with E-state index >= 15 is 0 Å². The summed E-state index contributed by atoms with van der Waals surface area (Å²) in [6.45, 7) is 7.07. The molecule has 312 valence electrons. The molecular formula is C39H40N10O9S2. The Morgan fingerprint density at radius 2 is 1.87 bits per heavy atom. The summed E-state index contributed by atoms with van der Waals surface area (Å²) in [6, 6.07) is 13.0. The van der Waals surface area contributed by atoms with Crippen molar-refractivity contribution in [3.05, 3.63) is 94.8 Å². The number of rotatable bonds is 15. The molecule has 1 fully saturated rings. The number of fused-ring (bicyclic) bond motifs is 1. The highest BCUT2D eigenvalue weighted by molar-refractivity contribution is 8.00. The number of amides is 4. The van der Waals surface area contributed by atoms with E-state index in [2.05, 4.69) is 35.1 Å². The van der Waals surface area contributed by atoms with Crippen LogP contribution < -0.4 is 19.9 Å². The van der Waals surface area contributed by atoms with Crippen molar-refractivity contribution in [2.24, 2.45) is 10.1 Å². The minimum atomic E-state index is -1.06. The van der Waals surface area contributed by atoms with Crippen LogP contribution in [0.4, 0.5) is 9.93 Å². The van der Waals surface area contributed by atoms with E-state index in [1.54, 1.807) is 71.3 Å². The largest absolute Gasteiger partial charge is 0.497 e. The summed E-state index contributed by atoms with van der Waals surface area (Å²) in [7, 11) is 1.55. The number of H-pyrrole nitrogens is 1. The van der Waals surface area contributed by atoms with Crippen LogP contribution in [-0.2, 0) is 53.1 Å². The SMILES string of the molecule is CCO/N=C(/C(=O)NC1C(=O)N2C(C(=O)OCc3ccc(OC)cc3)=C(C[n+]3ccc(-c4c[nH]c(CC(=O)N=C=[N-])c4)cc3)CSC12)c1nsc(NC(=O)OC(C)(C)C)n1. The summed E-state index contributed by atoms with van der Waals surface area (Å²) in [5.74, 6) is -1.81. The van der Waals surface area contributed by atoms with Crippen LogP contribution in [0.1, 0.15) is 44.8 Å². The molecule has 0 saturated carbocycles. The van der Waals surface area contributed by atoms with Gasteiger partial charge in [-0.2, -0.15) is 9.36 Å². The van der Waals surface area contributed by atoms with Crippen LogP contribution in [-0.4, -0.2) is 97.2 Å². The molecule has 0 spiro atoms. The van der Waals surface area contributed by atoms with Crippen LogP contribution in [0, 0.1) is 0 Å². The molecule has 19 nitrogen and oxygen atoms in total. The lowest BCUT2D eigenvalue weighted by molar-refractivity contribution is -0.689. The Morgan fingerprint density at radius 3 is 2.55 bits per heavy atom. The maximum absolute atomic E-state index is 13.9. The average molecular weight is 857 g/mol. The van der Waals surface area contributed by atoms with Gasteiger partial charge >= 0.3 is 12.1 Å². The van der Waals surface area contributed by atoms with Gasteiger partial charge in [-0.25, -0.2) is 14.2 Å². The average Bonchev–Trinajstić information content (AvgIpc) is 3.88. The summed E-state index contributed by atoms with van der Waals surface area (Å²) in [5.41, 5.74) is 2.58. The number of hydrogen-bond acceptors (Lipinski definition) is 14. The summed E-state index contributed by atoms with van der Waals surface area (Å²) in [5, 5.41) is 17.1. The molecule has 6 rings (SSSR count). The van der Waals surface area contributed by atoms with Crippen molar-refractivity contribution in [3.8, 4) is 16.9 Å². The zero-order valence-electron chi connectivity index (χ0n) is 33.1. The zero-order valence-corrected chi connectivity index (χ0v) is 34.7. The lowest BCUT2D eigenvalue weighted by Crippen LogP contribution is -2.71. The summed E-state index contributed by atoms with van der Waals surface area (Å²) < 4.78 is 22.3. The fourth-order valence-electron chi connectivity index (χ4n) is 5.96. The van der Waals surface area contributed by atoms with Crippen LogP contribution in [0.25, 0.3) is 16.5 Å². The number of nitrogens with one attached hydrogen (secondary N) is 3. The van der Waals surface area contributed by atoms with E-state index in [9.17, 15) is 24.0 Å². The quantitative estimate of drug-likeness (QED) is 0.0508. The summed E-state index contributed by atoms with van der Waals surface area (Å²) in [6.07, 6.45) is 4.59. The van der Waals surface area contributed by atoms with Gasteiger partial charge in [0.15, 0.2) is 24.8 Å². The number of β-lactam (4-membered cyclic amide) rings is 1. The van der Waals surface area contributed by atoms with E-state index in [4.69, 9.17) is 24.5 Å². The Balaban J connectivity index is 1.20. The van der Waals surface area contributed by atoms with Gasteiger partial charge in [0.2, 0.25) is 16.7 Å². The number of anilines is 1. The normalized spacial score (nSPS) is 16.2. The topological polar surface area (TPSA) is 242 Å². The van der Waals surface area contributed by atoms with Crippen molar-refractivity contribution >= 4 is 69.9 Å². The van der Waals surface area contributed by atoms with Crippen molar-refractivity contribution in [2.75, 3.05) is 24.8 Å². The van der Waals surface area contributed by atoms with Gasteiger partial charge in [0.25, 0.3) is 11.8 Å². The minimum absolute atomic E-state index is 0.0364. The van der Waals surface area contributed by atoms with Crippen molar-refractivity contribution in [1.82, 2.24) is 24.6 Å². The van der Waals surface area contributed by atoms with Crippen LogP contribution >= 0.6 is 23.3 Å². The van der Waals surface area contributed by atoms with Crippen molar-refractivity contribution in [2.45, 2.75) is 64.3 Å². The number of aromatic nitrogens is 4. The number of carbonyl (C=O) groups is 5. The Hall–Kier alpha value is -6.70. The predicted octanol–water partition coefficient (Wildman–Crippen LogP) is 3.83. The Kier molecular flexibility index (Phi) is 13.5. The third kappa shape index (κ3) is 10.5. The highest BCUT2D eigenvalue weighted by Gasteiger charge is 2.55. The molecule has 2 atom stereocenters. The van der Waals surface area contributed by atoms with Crippen LogP contribution in [0.5, 0.6) is 5.75 Å². The Bertz CT molecular complexity index is 2380. The number of thioether (sulfide) groups is 1. The predicted molar refractivity (Wildman–Crippen MR) is 219 cm³/mol. The van der Waals surface area contributed by atoms with E-state index in [0.29, 0.717) is 28.3 Å². The number of hydrogen-bond donors (Lipinski definition) is 3. The summed E-state index contributed by atoms with van der Waals surface area (Å²) in [4.78, 5) is 82.6. The summed E-state index contributed by atoms with van der Waals surface area (Å²) >= 11 is 2.16. The van der Waals surface area contributed by atoms with Crippen LogP contribution in [0.3, 0.4) is 0 Å². The van der Waals surface area contributed by atoms with Crippen molar-refractivity contribution in [1.29, 1.82) is 0 Å². The van der Waals surface area contributed by atoms with Gasteiger partial charge in [0, 0.05) is 53.3 Å². The van der Waals surface area contributed by atoms with Gasteiger partial charge in [0.05, 0.1) is 7.11 Å². The number of methoxy groups -OCH3 is 1. The first-order valence-electron chi connectivity index (χ1n) is 18.4. The second-order valence-electron chi connectivity index (χ2n) is 14.1. The van der Waals surface area contributed by atoms with Gasteiger partial charge < -0.3 is 39.8 Å². The van der Waals surface area contributed by atoms with Gasteiger partial charge in [-0.15, -0.1) is 17.8 Å². The van der Waals surface area contributed by atoms with Gasteiger partial charge in [-0.3, -0.25) is 24.6 Å². The molecule has 0 aliphatic carbocycles. The van der Waals surface area contributed by atoms with E-state index in [1.807, 2.05) is 29.1 Å². The van der Waals surface area contributed by atoms with E-state index in [0.717, 1.165) is 22.7 Å². The second kappa shape index (κ2) is 18.9. The number of pyridine rings is 1. The number of nitrogens with zero attached hydrogens (tertiary/aromatic N) is 7. The molecule has 0 radical (unpaired) electrons. The minimum Gasteiger partial charge on any atom is -0.497 e. The van der Waals surface area contributed by atoms with Crippen molar-refractivity contribution in [3.63, 3.8) is 0 Å². The van der Waals surface area contributed by atoms with Crippen molar-refractivity contribution < 1.29 is 47.6 Å². The standard InChI is InChI=1S/C39H39N10O9S2/c1-6-57-46-29(32-44-37(60-47-32)45-38(54)58-39(2,3)4)33(51)43-30-34(52)49-31(36(53)56-19-22-7-9-27(55-5)10-8-22)25(20-59-35(30)49)18-48-13-11-23(12-14-48)24-15-26(41-17-24)16-28(50)42-21-40/h7-15,17,30,35H,6,16,18-20H2,1-5H3,(H2,43,44,45,47,51,54)/q-1/p+1/b46-29+. The molecule has 4 aromatic rings. The molecule has 1 saturated heterocycles. The molecule has 60 heavy (non-hydrogen) atoms. The number of oxime groups is 1. The number of benzene rings is 1. The molecule has 1 aromatic carbocycles. The van der Waals surface area contributed by atoms with Gasteiger partial charge in [-0.1, -0.05) is 17.3 Å². The smallest absolute Gasteiger partial charge is 0.414 e. The first-order chi connectivity index (χ1) is 28.8. The van der Waals surface area contributed by atoms with E-state index in [-0.39, 0.29) is 48.5 Å². The molecular weight excluding hydrogens is 817 g/mol. The van der Waals surface area contributed by atoms with Crippen LogP contribution in [0.15, 0.2) is 82.5 Å². The zero-order chi connectivity index (χ0) is 43.0. The van der Waals surface area contributed by atoms with E-state index in [1.165, 1.54) is 22.7 Å². The number of ether oxygens (including phenoxy) is 3. The Morgan fingerprint density at radius 1 is 1.12 bits per heavy atom. The highest BCUT2D eigenvalue weighted by atomic mass is 32.2. The van der Waals surface area contributed by atoms with Gasteiger partial charge in [-0.05, 0) is 62.6 Å². The highest BCUT2D eigenvalue weighted by Crippen LogP contribution is 2.41. The third-order valence-corrected chi connectivity index (χ3v) is 10.6. The van der Waals surface area contributed by atoms with Crippen LogP contribution in [0.2, 0.25) is 0 Å². The molecule has 21 heteroatoms. The number of aliphatic imine (C=N–C) groups is 1. The number of aromatic amines is 1. The monoisotopic (exact) mass is 856 g/mol.